The van der Waals surface area contributed by atoms with Crippen LogP contribution in [0, 0.1) is 5.92 Å². The highest BCUT2D eigenvalue weighted by Gasteiger charge is 2.22. The van der Waals surface area contributed by atoms with E-state index in [1.54, 1.807) is 12.1 Å². The first-order chi connectivity index (χ1) is 9.72. The summed E-state index contributed by atoms with van der Waals surface area (Å²) < 4.78 is 5.00. The van der Waals surface area contributed by atoms with E-state index in [0.29, 0.717) is 5.56 Å². The van der Waals surface area contributed by atoms with Crippen molar-refractivity contribution in [3.63, 3.8) is 0 Å². The average Bonchev–Trinajstić information content (AvgIpc) is 2.53. The molecular weight excluding hydrogens is 258 g/mol. The number of rotatable bonds is 3. The first-order valence-corrected chi connectivity index (χ1v) is 6.81. The molecule has 20 heavy (non-hydrogen) atoms. The predicted molar refractivity (Wildman–Crippen MR) is 73.0 cm³/mol. The largest absolute Gasteiger partial charge is 0.480 e. The van der Waals surface area contributed by atoms with Gasteiger partial charge in [-0.2, -0.15) is 0 Å². The van der Waals surface area contributed by atoms with Gasteiger partial charge in [0, 0.05) is 12.1 Å². The number of hydrazine groups is 1. The van der Waals surface area contributed by atoms with Gasteiger partial charge in [-0.05, 0) is 25.0 Å². The summed E-state index contributed by atoms with van der Waals surface area (Å²) in [6, 6.07) is 3.23. The number of pyridine rings is 1. The minimum Gasteiger partial charge on any atom is -0.480 e. The summed E-state index contributed by atoms with van der Waals surface area (Å²) >= 11 is 0. The van der Waals surface area contributed by atoms with Gasteiger partial charge in [-0.15, -0.1) is 0 Å². The van der Waals surface area contributed by atoms with Crippen LogP contribution in [0.3, 0.4) is 0 Å². The molecule has 0 spiro atoms. The van der Waals surface area contributed by atoms with Gasteiger partial charge in [0.15, 0.2) is 0 Å². The van der Waals surface area contributed by atoms with Crippen molar-refractivity contribution < 1.29 is 14.3 Å². The van der Waals surface area contributed by atoms with E-state index in [1.165, 1.54) is 19.7 Å². The fourth-order valence-corrected chi connectivity index (χ4v) is 2.38. The van der Waals surface area contributed by atoms with Crippen LogP contribution in [0.2, 0.25) is 0 Å². The van der Waals surface area contributed by atoms with Crippen LogP contribution < -0.4 is 15.6 Å². The van der Waals surface area contributed by atoms with E-state index >= 15 is 0 Å². The maximum atomic E-state index is 12.0. The Morgan fingerprint density at radius 1 is 1.25 bits per heavy atom. The van der Waals surface area contributed by atoms with Crippen LogP contribution in [0.15, 0.2) is 18.3 Å². The molecule has 1 aromatic heterocycles. The molecule has 2 N–H and O–H groups in total. The molecule has 6 heteroatoms. The third-order valence-electron chi connectivity index (χ3n) is 3.48. The quantitative estimate of drug-likeness (QED) is 0.819. The number of ether oxygens (including phenoxy) is 1. The molecule has 2 amide bonds. The van der Waals surface area contributed by atoms with Crippen molar-refractivity contribution in [1.29, 1.82) is 0 Å². The maximum absolute atomic E-state index is 12.0. The molecule has 1 heterocycles. The van der Waals surface area contributed by atoms with Crippen molar-refractivity contribution in [2.75, 3.05) is 7.11 Å². The minimum absolute atomic E-state index is 0.000145. The Morgan fingerprint density at radius 2 is 2.00 bits per heavy atom. The van der Waals surface area contributed by atoms with Crippen LogP contribution in [0.25, 0.3) is 0 Å². The normalized spacial score (nSPS) is 15.4. The fraction of sp³-hybridized carbons (Fsp3) is 0.500. The number of carbonyl (C=O) groups is 2. The lowest BCUT2D eigenvalue weighted by atomic mass is 9.89. The molecule has 1 aliphatic rings. The lowest BCUT2D eigenvalue weighted by molar-refractivity contribution is -0.126. The van der Waals surface area contributed by atoms with Crippen molar-refractivity contribution in [2.24, 2.45) is 5.92 Å². The van der Waals surface area contributed by atoms with Gasteiger partial charge < -0.3 is 4.74 Å². The van der Waals surface area contributed by atoms with Gasteiger partial charge in [0.2, 0.25) is 11.8 Å². The molecule has 0 radical (unpaired) electrons. The zero-order valence-corrected chi connectivity index (χ0v) is 11.5. The molecule has 2 rings (SSSR count). The number of hydrogen-bond donors (Lipinski definition) is 2. The smallest absolute Gasteiger partial charge is 0.275 e. The Hall–Kier alpha value is -2.11. The number of nitrogens with zero attached hydrogens (tertiary/aromatic N) is 1. The molecular formula is C14H19N3O3. The molecule has 0 bridgehead atoms. The average molecular weight is 277 g/mol. The number of methoxy groups -OCH3 is 1. The van der Waals surface area contributed by atoms with Crippen LogP contribution in [-0.2, 0) is 4.79 Å². The fourth-order valence-electron chi connectivity index (χ4n) is 2.38. The molecule has 108 valence electrons. The Morgan fingerprint density at radius 3 is 2.70 bits per heavy atom. The number of hydrogen-bond acceptors (Lipinski definition) is 4. The van der Waals surface area contributed by atoms with E-state index in [9.17, 15) is 9.59 Å². The highest BCUT2D eigenvalue weighted by Crippen LogP contribution is 2.23. The van der Waals surface area contributed by atoms with E-state index < -0.39 is 5.91 Å². The summed E-state index contributed by atoms with van der Waals surface area (Å²) in [5.41, 5.74) is 5.18. The standard InChI is InChI=1S/C14H19N3O3/c1-20-14-11(8-5-9-15-14)13(19)17-16-12(18)10-6-3-2-4-7-10/h5,8-10H,2-4,6-7H2,1H3,(H,16,18)(H,17,19). The summed E-state index contributed by atoms with van der Waals surface area (Å²) in [6.45, 7) is 0. The topological polar surface area (TPSA) is 80.3 Å². The van der Waals surface area contributed by atoms with Crippen molar-refractivity contribution in [3.8, 4) is 5.88 Å². The van der Waals surface area contributed by atoms with Gasteiger partial charge in [0.25, 0.3) is 5.91 Å². The Kier molecular flexibility index (Phi) is 4.92. The Balaban J connectivity index is 1.89. The number of aromatic nitrogens is 1. The van der Waals surface area contributed by atoms with Crippen molar-refractivity contribution >= 4 is 11.8 Å². The summed E-state index contributed by atoms with van der Waals surface area (Å²) in [5, 5.41) is 0. The SMILES string of the molecule is COc1ncccc1C(=O)NNC(=O)C1CCCCC1. The van der Waals surface area contributed by atoms with Crippen LogP contribution >= 0.6 is 0 Å². The zero-order valence-electron chi connectivity index (χ0n) is 11.5. The van der Waals surface area contributed by atoms with Crippen LogP contribution in [-0.4, -0.2) is 23.9 Å². The van der Waals surface area contributed by atoms with Crippen molar-refractivity contribution in [1.82, 2.24) is 15.8 Å². The van der Waals surface area contributed by atoms with Gasteiger partial charge in [0.05, 0.1) is 7.11 Å². The van der Waals surface area contributed by atoms with Crippen LogP contribution in [0.5, 0.6) is 5.88 Å². The second-order valence-corrected chi connectivity index (χ2v) is 4.84. The molecule has 0 aliphatic heterocycles. The van der Waals surface area contributed by atoms with E-state index in [0.717, 1.165) is 25.7 Å². The summed E-state index contributed by atoms with van der Waals surface area (Å²) in [6.07, 6.45) is 6.64. The van der Waals surface area contributed by atoms with Gasteiger partial charge >= 0.3 is 0 Å². The van der Waals surface area contributed by atoms with Gasteiger partial charge in [-0.3, -0.25) is 20.4 Å². The third kappa shape index (κ3) is 3.46. The maximum Gasteiger partial charge on any atom is 0.275 e. The van der Waals surface area contributed by atoms with Gasteiger partial charge in [-0.1, -0.05) is 19.3 Å². The molecule has 0 atom stereocenters. The van der Waals surface area contributed by atoms with Crippen LogP contribution in [0.1, 0.15) is 42.5 Å². The van der Waals surface area contributed by atoms with E-state index in [1.807, 2.05) is 0 Å². The summed E-state index contributed by atoms with van der Waals surface area (Å²) in [7, 11) is 1.44. The lowest BCUT2D eigenvalue weighted by Crippen LogP contribution is -2.45. The number of amides is 2. The van der Waals surface area contributed by atoms with E-state index in [-0.39, 0.29) is 17.7 Å². The minimum atomic E-state index is -0.431. The molecule has 0 aromatic carbocycles. The first kappa shape index (κ1) is 14.3. The first-order valence-electron chi connectivity index (χ1n) is 6.81. The Labute approximate surface area is 117 Å². The van der Waals surface area contributed by atoms with Gasteiger partial charge in [-0.25, -0.2) is 4.98 Å². The number of carbonyl (C=O) groups excluding carboxylic acids is 2. The van der Waals surface area contributed by atoms with E-state index in [2.05, 4.69) is 15.8 Å². The highest BCUT2D eigenvalue weighted by atomic mass is 16.5. The monoisotopic (exact) mass is 277 g/mol. The van der Waals surface area contributed by atoms with Gasteiger partial charge in [0.1, 0.15) is 5.56 Å². The highest BCUT2D eigenvalue weighted by molar-refractivity contribution is 5.97. The van der Waals surface area contributed by atoms with E-state index in [4.69, 9.17) is 4.74 Å². The predicted octanol–water partition coefficient (Wildman–Crippen LogP) is 1.43. The summed E-state index contributed by atoms with van der Waals surface area (Å²) in [5.74, 6) is -0.322. The zero-order chi connectivity index (χ0) is 14.4. The molecule has 1 aliphatic carbocycles. The van der Waals surface area contributed by atoms with Crippen molar-refractivity contribution in [2.45, 2.75) is 32.1 Å². The van der Waals surface area contributed by atoms with Crippen molar-refractivity contribution in [3.05, 3.63) is 23.9 Å². The number of nitrogens with one attached hydrogen (secondary N) is 2. The second kappa shape index (κ2) is 6.88. The Bertz CT molecular complexity index is 484. The lowest BCUT2D eigenvalue weighted by Gasteiger charge is -2.20. The molecule has 1 saturated carbocycles. The summed E-state index contributed by atoms with van der Waals surface area (Å²) in [4.78, 5) is 27.8. The van der Waals surface area contributed by atoms with Crippen LogP contribution in [0.4, 0.5) is 0 Å². The molecule has 0 saturated heterocycles. The third-order valence-corrected chi connectivity index (χ3v) is 3.48. The molecule has 0 unspecified atom stereocenters. The second-order valence-electron chi connectivity index (χ2n) is 4.84. The molecule has 6 nitrogen and oxygen atoms in total. The molecule has 1 fully saturated rings. The molecule has 1 aromatic rings.